The number of carboxylic acid groups (broad SMARTS) is 1. The van der Waals surface area contributed by atoms with Crippen LogP contribution < -0.4 is 0 Å². The Labute approximate surface area is 147 Å². The summed E-state index contributed by atoms with van der Waals surface area (Å²) < 4.78 is 4.82. The fraction of sp³-hybridized carbons (Fsp3) is 0.368. The lowest BCUT2D eigenvalue weighted by Crippen LogP contribution is -2.23. The van der Waals surface area contributed by atoms with Gasteiger partial charge in [0.25, 0.3) is 0 Å². The van der Waals surface area contributed by atoms with Crippen molar-refractivity contribution >= 4 is 18.0 Å². The maximum atomic E-state index is 11.5. The molecule has 25 heavy (non-hydrogen) atoms. The number of phenolic OH excluding ortho intramolecular Hbond substituents is 2. The van der Waals surface area contributed by atoms with Crippen LogP contribution in [0.4, 0.5) is 0 Å². The van der Waals surface area contributed by atoms with Gasteiger partial charge in [-0.25, -0.2) is 4.79 Å². The van der Waals surface area contributed by atoms with Crippen LogP contribution in [-0.2, 0) is 19.7 Å². The third-order valence-corrected chi connectivity index (χ3v) is 3.98. The molecule has 0 aliphatic heterocycles. The van der Waals surface area contributed by atoms with Gasteiger partial charge in [0.2, 0.25) is 0 Å². The zero-order chi connectivity index (χ0) is 19.4. The minimum atomic E-state index is -1.00. The Kier molecular flexibility index (Phi) is 6.39. The van der Waals surface area contributed by atoms with E-state index in [0.29, 0.717) is 16.7 Å². The molecular weight excluding hydrogens is 324 g/mol. The molecule has 136 valence electrons. The Hall–Kier alpha value is -2.76. The number of rotatable bonds is 7. The van der Waals surface area contributed by atoms with Crippen molar-refractivity contribution < 1.29 is 29.6 Å². The number of carbonyl (C=O) groups excluding carboxylic acids is 1. The number of hydrogen-bond donors (Lipinski definition) is 3. The van der Waals surface area contributed by atoms with Crippen molar-refractivity contribution in [2.45, 2.75) is 39.5 Å². The summed E-state index contributed by atoms with van der Waals surface area (Å²) in [6.45, 7) is 10.1. The molecule has 0 atom stereocenters. The van der Waals surface area contributed by atoms with Crippen molar-refractivity contribution in [3.63, 3.8) is 0 Å². The average molecular weight is 348 g/mol. The molecular formula is C19H24O6. The van der Waals surface area contributed by atoms with Crippen LogP contribution in [0.2, 0.25) is 0 Å². The van der Waals surface area contributed by atoms with Gasteiger partial charge in [-0.1, -0.05) is 26.5 Å². The third kappa shape index (κ3) is 4.62. The Morgan fingerprint density at radius 1 is 1.16 bits per heavy atom. The molecule has 0 fully saturated rings. The first-order valence-corrected chi connectivity index (χ1v) is 7.76. The fourth-order valence-corrected chi connectivity index (χ4v) is 2.83. The zero-order valence-electron chi connectivity index (χ0n) is 14.9. The second-order valence-corrected chi connectivity index (χ2v) is 6.44. The second kappa shape index (κ2) is 7.88. The number of aliphatic carboxylic acids is 1. The standard InChI is InChI=1S/C19H24O6/c1-6-9-25-15(22)8-7-13-11(2)18(24)16(12(3)17(13)23)19(4,5)10-14(20)21/h6-8,23-24H,1,9-10H2,2-5H3,(H,20,21). The van der Waals surface area contributed by atoms with Gasteiger partial charge in [0.15, 0.2) is 0 Å². The van der Waals surface area contributed by atoms with E-state index in [9.17, 15) is 19.8 Å². The van der Waals surface area contributed by atoms with E-state index in [1.165, 1.54) is 12.2 Å². The van der Waals surface area contributed by atoms with E-state index in [-0.39, 0.29) is 30.1 Å². The Balaban J connectivity index is 3.39. The van der Waals surface area contributed by atoms with E-state index >= 15 is 0 Å². The lowest BCUT2D eigenvalue weighted by molar-refractivity contribution is -0.138. The van der Waals surface area contributed by atoms with Gasteiger partial charge in [0.05, 0.1) is 6.42 Å². The van der Waals surface area contributed by atoms with Crippen molar-refractivity contribution in [1.29, 1.82) is 0 Å². The maximum absolute atomic E-state index is 11.5. The molecule has 6 nitrogen and oxygen atoms in total. The molecule has 1 aromatic rings. The largest absolute Gasteiger partial charge is 0.507 e. The van der Waals surface area contributed by atoms with Crippen molar-refractivity contribution in [2.24, 2.45) is 0 Å². The van der Waals surface area contributed by atoms with Gasteiger partial charge < -0.3 is 20.1 Å². The summed E-state index contributed by atoms with van der Waals surface area (Å²) in [7, 11) is 0. The quantitative estimate of drug-likeness (QED) is 0.302. The number of carbonyl (C=O) groups is 2. The molecule has 3 N–H and O–H groups in total. The summed E-state index contributed by atoms with van der Waals surface area (Å²) in [5.74, 6) is -1.82. The summed E-state index contributed by atoms with van der Waals surface area (Å²) in [4.78, 5) is 22.6. The molecule has 0 aromatic heterocycles. The van der Waals surface area contributed by atoms with Crippen molar-refractivity contribution in [1.82, 2.24) is 0 Å². The minimum absolute atomic E-state index is 0.0702. The number of esters is 1. The monoisotopic (exact) mass is 348 g/mol. The van der Waals surface area contributed by atoms with E-state index in [1.54, 1.807) is 27.7 Å². The van der Waals surface area contributed by atoms with Gasteiger partial charge in [-0.15, -0.1) is 0 Å². The maximum Gasteiger partial charge on any atom is 0.331 e. The van der Waals surface area contributed by atoms with Crippen LogP contribution in [-0.4, -0.2) is 33.9 Å². The van der Waals surface area contributed by atoms with Gasteiger partial charge in [0.1, 0.15) is 18.1 Å². The molecule has 0 saturated carbocycles. The highest BCUT2D eigenvalue weighted by atomic mass is 16.5. The van der Waals surface area contributed by atoms with E-state index in [2.05, 4.69) is 6.58 Å². The van der Waals surface area contributed by atoms with Gasteiger partial charge in [0, 0.05) is 28.2 Å². The molecule has 0 aliphatic rings. The van der Waals surface area contributed by atoms with Crippen LogP contribution in [0.15, 0.2) is 18.7 Å². The lowest BCUT2D eigenvalue weighted by Gasteiger charge is -2.28. The molecule has 0 saturated heterocycles. The highest BCUT2D eigenvalue weighted by Crippen LogP contribution is 2.44. The number of benzene rings is 1. The summed E-state index contributed by atoms with van der Waals surface area (Å²) in [5, 5.41) is 30.2. The van der Waals surface area contributed by atoms with Crippen molar-refractivity contribution in [3.8, 4) is 11.5 Å². The van der Waals surface area contributed by atoms with Crippen LogP contribution in [0, 0.1) is 13.8 Å². The van der Waals surface area contributed by atoms with E-state index in [4.69, 9.17) is 9.84 Å². The van der Waals surface area contributed by atoms with Gasteiger partial charge in [-0.05, 0) is 25.5 Å². The summed E-state index contributed by atoms with van der Waals surface area (Å²) >= 11 is 0. The Morgan fingerprint density at radius 2 is 1.76 bits per heavy atom. The highest BCUT2D eigenvalue weighted by Gasteiger charge is 2.32. The Morgan fingerprint density at radius 3 is 2.28 bits per heavy atom. The number of ether oxygens (including phenoxy) is 1. The number of hydrogen-bond acceptors (Lipinski definition) is 5. The number of carboxylic acids is 1. The van der Waals surface area contributed by atoms with E-state index in [0.717, 1.165) is 6.08 Å². The minimum Gasteiger partial charge on any atom is -0.507 e. The van der Waals surface area contributed by atoms with Gasteiger partial charge >= 0.3 is 11.9 Å². The van der Waals surface area contributed by atoms with Crippen LogP contribution in [0.1, 0.15) is 42.5 Å². The van der Waals surface area contributed by atoms with Crippen molar-refractivity contribution in [2.75, 3.05) is 6.61 Å². The number of aromatic hydroxyl groups is 2. The summed E-state index contributed by atoms with van der Waals surface area (Å²) in [5.41, 5.74) is 0.488. The molecule has 1 rings (SSSR count). The smallest absolute Gasteiger partial charge is 0.331 e. The molecule has 6 heteroatoms. The van der Waals surface area contributed by atoms with Crippen molar-refractivity contribution in [3.05, 3.63) is 41.0 Å². The average Bonchev–Trinajstić information content (AvgIpc) is 2.49. The predicted octanol–water partition coefficient (Wildman–Crippen LogP) is 3.21. The molecule has 0 aliphatic carbocycles. The Bertz CT molecular complexity index is 699. The van der Waals surface area contributed by atoms with Crippen LogP contribution in [0.5, 0.6) is 11.5 Å². The summed E-state index contributed by atoms with van der Waals surface area (Å²) in [6.07, 6.45) is 3.73. The molecule has 0 unspecified atom stereocenters. The first-order valence-electron chi connectivity index (χ1n) is 7.76. The normalized spacial score (nSPS) is 11.5. The molecule has 0 amide bonds. The van der Waals surface area contributed by atoms with E-state index < -0.39 is 17.4 Å². The summed E-state index contributed by atoms with van der Waals surface area (Å²) in [6, 6.07) is 0. The molecule has 0 spiro atoms. The SMILES string of the molecule is C=CCOC(=O)C=Cc1c(C)c(O)c(C(C)(C)CC(=O)O)c(C)c1O. The molecule has 0 radical (unpaired) electrons. The molecule has 1 aromatic carbocycles. The van der Waals surface area contributed by atoms with Crippen LogP contribution >= 0.6 is 0 Å². The van der Waals surface area contributed by atoms with Crippen LogP contribution in [0.25, 0.3) is 6.08 Å². The first-order chi connectivity index (χ1) is 11.5. The van der Waals surface area contributed by atoms with Crippen LogP contribution in [0.3, 0.4) is 0 Å². The first kappa shape index (κ1) is 20.3. The topological polar surface area (TPSA) is 104 Å². The molecule has 0 heterocycles. The second-order valence-electron chi connectivity index (χ2n) is 6.44. The third-order valence-electron chi connectivity index (χ3n) is 3.98. The highest BCUT2D eigenvalue weighted by molar-refractivity contribution is 5.88. The predicted molar refractivity (Wildman–Crippen MR) is 94.7 cm³/mol. The zero-order valence-corrected chi connectivity index (χ0v) is 14.9. The van der Waals surface area contributed by atoms with E-state index in [1.807, 2.05) is 0 Å². The molecule has 0 bridgehead atoms. The van der Waals surface area contributed by atoms with Gasteiger partial charge in [-0.3, -0.25) is 4.79 Å². The van der Waals surface area contributed by atoms with Gasteiger partial charge in [-0.2, -0.15) is 0 Å². The number of phenols is 2. The lowest BCUT2D eigenvalue weighted by atomic mass is 9.77. The fourth-order valence-electron chi connectivity index (χ4n) is 2.83.